The highest BCUT2D eigenvalue weighted by Crippen LogP contribution is 2.31. The SMILES string of the molecule is N#Cc1cc(F)nc(OC(F)(F)F)c1Br. The standard InChI is InChI=1S/C7HBrF4N2O/c8-5-3(2-13)1-4(9)14-6(5)15-7(10,11)12/h1H. The van der Waals surface area contributed by atoms with E-state index in [0.29, 0.717) is 6.07 Å². The molecule has 1 rings (SSSR count). The lowest BCUT2D eigenvalue weighted by Gasteiger charge is -2.09. The van der Waals surface area contributed by atoms with Crippen LogP contribution in [0.5, 0.6) is 5.88 Å². The zero-order chi connectivity index (χ0) is 11.6. The fourth-order valence-corrected chi connectivity index (χ4v) is 1.11. The second-order valence-corrected chi connectivity index (χ2v) is 3.06. The molecule has 1 aromatic heterocycles. The molecule has 0 aliphatic heterocycles. The first-order chi connectivity index (χ1) is 6.83. The van der Waals surface area contributed by atoms with Crippen LogP contribution < -0.4 is 4.74 Å². The minimum absolute atomic E-state index is 0.332. The maximum atomic E-state index is 12.6. The first-order valence-corrected chi connectivity index (χ1v) is 4.14. The third-order valence-electron chi connectivity index (χ3n) is 1.23. The van der Waals surface area contributed by atoms with Crippen molar-refractivity contribution < 1.29 is 22.3 Å². The number of aromatic nitrogens is 1. The minimum atomic E-state index is -4.99. The van der Waals surface area contributed by atoms with Gasteiger partial charge in [0.25, 0.3) is 0 Å². The van der Waals surface area contributed by atoms with Crippen molar-refractivity contribution in [1.29, 1.82) is 5.26 Å². The van der Waals surface area contributed by atoms with Gasteiger partial charge in [-0.1, -0.05) is 0 Å². The van der Waals surface area contributed by atoms with Gasteiger partial charge in [-0.05, 0) is 15.9 Å². The highest BCUT2D eigenvalue weighted by molar-refractivity contribution is 9.10. The van der Waals surface area contributed by atoms with Crippen LogP contribution in [-0.4, -0.2) is 11.3 Å². The van der Waals surface area contributed by atoms with Crippen LogP contribution in [0.1, 0.15) is 5.56 Å². The van der Waals surface area contributed by atoms with E-state index < -0.39 is 18.2 Å². The average molecular weight is 285 g/mol. The van der Waals surface area contributed by atoms with Gasteiger partial charge in [0.15, 0.2) is 0 Å². The molecule has 1 heterocycles. The zero-order valence-electron chi connectivity index (χ0n) is 6.77. The predicted molar refractivity (Wildman–Crippen MR) is 43.3 cm³/mol. The Labute approximate surface area is 89.4 Å². The van der Waals surface area contributed by atoms with Gasteiger partial charge in [0, 0.05) is 6.07 Å². The van der Waals surface area contributed by atoms with Crippen LogP contribution in [0.2, 0.25) is 0 Å². The van der Waals surface area contributed by atoms with Crippen molar-refractivity contribution in [3.63, 3.8) is 0 Å². The summed E-state index contributed by atoms with van der Waals surface area (Å²) in [4.78, 5) is 2.86. The molecule has 0 atom stereocenters. The fourth-order valence-electron chi connectivity index (χ4n) is 0.735. The number of pyridine rings is 1. The number of hydrogen-bond acceptors (Lipinski definition) is 3. The van der Waals surface area contributed by atoms with Crippen LogP contribution >= 0.6 is 15.9 Å². The Kier molecular flexibility index (Phi) is 3.14. The van der Waals surface area contributed by atoms with E-state index in [2.05, 4.69) is 25.7 Å². The average Bonchev–Trinajstić information content (AvgIpc) is 2.08. The molecule has 0 bridgehead atoms. The van der Waals surface area contributed by atoms with Crippen LogP contribution in [0.4, 0.5) is 17.6 Å². The molecule has 0 saturated carbocycles. The third kappa shape index (κ3) is 3.06. The summed E-state index contributed by atoms with van der Waals surface area (Å²) < 4.78 is 51.1. The molecule has 3 nitrogen and oxygen atoms in total. The van der Waals surface area contributed by atoms with E-state index >= 15 is 0 Å². The Morgan fingerprint density at radius 1 is 1.47 bits per heavy atom. The maximum Gasteiger partial charge on any atom is 0.574 e. The molecule has 0 aliphatic carbocycles. The van der Waals surface area contributed by atoms with Gasteiger partial charge in [0.2, 0.25) is 11.8 Å². The summed E-state index contributed by atoms with van der Waals surface area (Å²) in [6, 6.07) is 2.18. The van der Waals surface area contributed by atoms with Crippen LogP contribution in [-0.2, 0) is 0 Å². The zero-order valence-corrected chi connectivity index (χ0v) is 8.36. The van der Waals surface area contributed by atoms with Gasteiger partial charge in [-0.25, -0.2) is 0 Å². The van der Waals surface area contributed by atoms with Gasteiger partial charge in [-0.2, -0.15) is 14.6 Å². The summed E-state index contributed by atoms with van der Waals surface area (Å²) in [7, 11) is 0. The summed E-state index contributed by atoms with van der Waals surface area (Å²) >= 11 is 2.65. The summed E-state index contributed by atoms with van der Waals surface area (Å²) in [5, 5.41) is 8.45. The fraction of sp³-hybridized carbons (Fsp3) is 0.143. The second kappa shape index (κ2) is 4.02. The van der Waals surface area contributed by atoms with E-state index in [4.69, 9.17) is 5.26 Å². The molecular formula is C7HBrF4N2O. The number of hydrogen-bond donors (Lipinski definition) is 0. The molecular weight excluding hydrogens is 284 g/mol. The van der Waals surface area contributed by atoms with Crippen molar-refractivity contribution >= 4 is 15.9 Å². The number of alkyl halides is 3. The highest BCUT2D eigenvalue weighted by atomic mass is 79.9. The Bertz CT molecular complexity index is 426. The Balaban J connectivity index is 3.20. The molecule has 0 aliphatic rings. The van der Waals surface area contributed by atoms with Gasteiger partial charge >= 0.3 is 6.36 Å². The number of rotatable bonds is 1. The lowest BCUT2D eigenvalue weighted by molar-refractivity contribution is -0.276. The van der Waals surface area contributed by atoms with Crippen LogP contribution in [0.3, 0.4) is 0 Å². The van der Waals surface area contributed by atoms with Crippen LogP contribution in [0.15, 0.2) is 10.5 Å². The highest BCUT2D eigenvalue weighted by Gasteiger charge is 2.33. The largest absolute Gasteiger partial charge is 0.574 e. The van der Waals surface area contributed by atoms with Gasteiger partial charge in [-0.15, -0.1) is 13.2 Å². The number of halogens is 5. The predicted octanol–water partition coefficient (Wildman–Crippen LogP) is 2.75. The Hall–Kier alpha value is -1.36. The minimum Gasteiger partial charge on any atom is -0.386 e. The van der Waals surface area contributed by atoms with Crippen molar-refractivity contribution in [2.24, 2.45) is 0 Å². The van der Waals surface area contributed by atoms with E-state index in [1.807, 2.05) is 0 Å². The van der Waals surface area contributed by atoms with E-state index in [1.54, 1.807) is 0 Å². The number of ether oxygens (including phenoxy) is 1. The van der Waals surface area contributed by atoms with Crippen molar-refractivity contribution in [3.8, 4) is 11.9 Å². The summed E-state index contributed by atoms with van der Waals surface area (Å²) in [6.45, 7) is 0. The number of nitrogens with zero attached hydrogens (tertiary/aromatic N) is 2. The van der Waals surface area contributed by atoms with E-state index in [1.165, 1.54) is 6.07 Å². The van der Waals surface area contributed by atoms with Crippen molar-refractivity contribution in [2.45, 2.75) is 6.36 Å². The maximum absolute atomic E-state index is 12.6. The molecule has 1 aromatic rings. The molecule has 0 N–H and O–H groups in total. The van der Waals surface area contributed by atoms with E-state index in [-0.39, 0.29) is 10.0 Å². The molecule has 0 fully saturated rings. The van der Waals surface area contributed by atoms with Crippen LogP contribution in [0, 0.1) is 17.3 Å². The molecule has 0 aromatic carbocycles. The van der Waals surface area contributed by atoms with Crippen molar-refractivity contribution in [2.75, 3.05) is 0 Å². The van der Waals surface area contributed by atoms with Crippen molar-refractivity contribution in [3.05, 3.63) is 22.1 Å². The third-order valence-corrected chi connectivity index (χ3v) is 2.00. The van der Waals surface area contributed by atoms with Gasteiger partial charge in [0.1, 0.15) is 6.07 Å². The Morgan fingerprint density at radius 3 is 2.53 bits per heavy atom. The topological polar surface area (TPSA) is 45.9 Å². The summed E-state index contributed by atoms with van der Waals surface area (Å²) in [5.74, 6) is -2.26. The lowest BCUT2D eigenvalue weighted by atomic mass is 10.3. The Morgan fingerprint density at radius 2 is 2.07 bits per heavy atom. The monoisotopic (exact) mass is 284 g/mol. The molecule has 8 heteroatoms. The molecule has 0 unspecified atom stereocenters. The molecule has 0 spiro atoms. The van der Waals surface area contributed by atoms with E-state index in [0.717, 1.165) is 0 Å². The van der Waals surface area contributed by atoms with Gasteiger partial charge < -0.3 is 4.74 Å². The molecule has 15 heavy (non-hydrogen) atoms. The summed E-state index contributed by atoms with van der Waals surface area (Å²) in [6.07, 6.45) is -4.99. The lowest BCUT2D eigenvalue weighted by Crippen LogP contribution is -2.18. The number of nitriles is 1. The first kappa shape index (κ1) is 11.7. The van der Waals surface area contributed by atoms with Gasteiger partial charge in [0.05, 0.1) is 10.0 Å². The van der Waals surface area contributed by atoms with E-state index in [9.17, 15) is 17.6 Å². The summed E-state index contributed by atoms with van der Waals surface area (Å²) in [5.41, 5.74) is -0.332. The molecule has 0 radical (unpaired) electrons. The van der Waals surface area contributed by atoms with Crippen LogP contribution in [0.25, 0.3) is 0 Å². The first-order valence-electron chi connectivity index (χ1n) is 3.35. The normalized spacial score (nSPS) is 10.9. The van der Waals surface area contributed by atoms with Gasteiger partial charge in [-0.3, -0.25) is 0 Å². The van der Waals surface area contributed by atoms with Crippen molar-refractivity contribution in [1.82, 2.24) is 4.98 Å². The second-order valence-electron chi connectivity index (χ2n) is 2.27. The smallest absolute Gasteiger partial charge is 0.386 e. The quantitative estimate of drug-likeness (QED) is 0.588. The molecule has 80 valence electrons. The molecule has 0 saturated heterocycles. The molecule has 0 amide bonds.